The van der Waals surface area contributed by atoms with Crippen LogP contribution in [0.3, 0.4) is 0 Å². The Balaban J connectivity index is 2.66. The van der Waals surface area contributed by atoms with Gasteiger partial charge >= 0.3 is 5.97 Å². The van der Waals surface area contributed by atoms with Crippen molar-refractivity contribution < 1.29 is 19.1 Å². The molecule has 1 aromatic carbocycles. The Bertz CT molecular complexity index is 517. The summed E-state index contributed by atoms with van der Waals surface area (Å²) < 4.78 is 5.09. The number of nitrogens with one attached hydrogen (secondary N) is 1. The molecular formula is C16H21NO4. The number of ether oxygens (including phenoxy) is 1. The molecule has 0 fully saturated rings. The smallest absolute Gasteiger partial charge is 0.336 e. The molecule has 0 aromatic heterocycles. The molecule has 0 bridgehead atoms. The number of amides is 1. The Morgan fingerprint density at radius 2 is 1.71 bits per heavy atom. The van der Waals surface area contributed by atoms with Crippen LogP contribution < -0.4 is 5.32 Å². The van der Waals surface area contributed by atoms with Crippen LogP contribution in [-0.4, -0.2) is 23.7 Å². The van der Waals surface area contributed by atoms with Gasteiger partial charge in [-0.2, -0.15) is 0 Å². The lowest BCUT2D eigenvalue weighted by Gasteiger charge is -2.21. The van der Waals surface area contributed by atoms with Gasteiger partial charge in [-0.1, -0.05) is 51.1 Å². The van der Waals surface area contributed by atoms with Gasteiger partial charge in [-0.3, -0.25) is 9.59 Å². The van der Waals surface area contributed by atoms with Crippen molar-refractivity contribution in [3.05, 3.63) is 35.9 Å². The van der Waals surface area contributed by atoms with Crippen LogP contribution in [-0.2, 0) is 25.7 Å². The Morgan fingerprint density at radius 1 is 1.14 bits per heavy atom. The van der Waals surface area contributed by atoms with E-state index >= 15 is 0 Å². The van der Waals surface area contributed by atoms with Crippen LogP contribution in [0.2, 0.25) is 0 Å². The van der Waals surface area contributed by atoms with E-state index in [1.165, 1.54) is 6.92 Å². The molecule has 0 unspecified atom stereocenters. The summed E-state index contributed by atoms with van der Waals surface area (Å²) >= 11 is 0. The summed E-state index contributed by atoms with van der Waals surface area (Å²) in [5.74, 6) is -1.58. The molecule has 1 amide bonds. The van der Waals surface area contributed by atoms with Crippen molar-refractivity contribution in [2.24, 2.45) is 5.41 Å². The van der Waals surface area contributed by atoms with Crippen LogP contribution in [0.5, 0.6) is 0 Å². The molecule has 21 heavy (non-hydrogen) atoms. The van der Waals surface area contributed by atoms with E-state index in [0.29, 0.717) is 0 Å². The van der Waals surface area contributed by atoms with E-state index in [1.807, 2.05) is 30.3 Å². The van der Waals surface area contributed by atoms with Crippen LogP contribution in [0.25, 0.3) is 0 Å². The van der Waals surface area contributed by atoms with Gasteiger partial charge < -0.3 is 10.1 Å². The van der Waals surface area contributed by atoms with Gasteiger partial charge in [0.1, 0.15) is 6.61 Å². The molecule has 5 heteroatoms. The molecule has 0 aliphatic rings. The van der Waals surface area contributed by atoms with Crippen LogP contribution in [0.4, 0.5) is 0 Å². The maximum absolute atomic E-state index is 12.0. The molecule has 0 heterocycles. The van der Waals surface area contributed by atoms with Crippen LogP contribution in [0, 0.1) is 5.41 Å². The Morgan fingerprint density at radius 3 is 2.19 bits per heavy atom. The highest BCUT2D eigenvalue weighted by molar-refractivity contribution is 6.05. The minimum Gasteiger partial charge on any atom is -0.459 e. The fourth-order valence-corrected chi connectivity index (χ4v) is 1.49. The molecule has 0 aliphatic heterocycles. The number of rotatable bonds is 5. The summed E-state index contributed by atoms with van der Waals surface area (Å²) in [7, 11) is 0. The number of Topliss-reactive ketones (excluding diaryl/α,β-unsaturated/α-hetero) is 1. The summed E-state index contributed by atoms with van der Waals surface area (Å²) in [4.78, 5) is 35.4. The lowest BCUT2D eigenvalue weighted by molar-refractivity contribution is -0.152. The zero-order valence-electron chi connectivity index (χ0n) is 12.8. The van der Waals surface area contributed by atoms with Crippen molar-refractivity contribution in [1.82, 2.24) is 5.32 Å². The molecule has 0 saturated carbocycles. The molecule has 0 spiro atoms. The second-order valence-corrected chi connectivity index (χ2v) is 5.86. The van der Waals surface area contributed by atoms with E-state index in [1.54, 1.807) is 20.8 Å². The topological polar surface area (TPSA) is 72.5 Å². The number of benzene rings is 1. The van der Waals surface area contributed by atoms with Gasteiger partial charge in [-0.25, -0.2) is 4.79 Å². The summed E-state index contributed by atoms with van der Waals surface area (Å²) in [5.41, 5.74) is 0.128. The molecule has 1 aromatic rings. The molecular weight excluding hydrogens is 270 g/mol. The first-order valence-electron chi connectivity index (χ1n) is 6.74. The minimum absolute atomic E-state index is 0.0643. The van der Waals surface area contributed by atoms with Gasteiger partial charge in [0.15, 0.2) is 11.8 Å². The number of esters is 1. The SMILES string of the molecule is CC(=O)[C@H](NC(=O)C(C)(C)C)C(=O)OCc1ccccc1. The van der Waals surface area contributed by atoms with Crippen molar-refractivity contribution in [2.45, 2.75) is 40.3 Å². The Kier molecular flexibility index (Phi) is 5.64. The summed E-state index contributed by atoms with van der Waals surface area (Å²) in [6.07, 6.45) is 0. The monoisotopic (exact) mass is 291 g/mol. The average molecular weight is 291 g/mol. The van der Waals surface area contributed by atoms with Gasteiger partial charge in [-0.15, -0.1) is 0 Å². The summed E-state index contributed by atoms with van der Waals surface area (Å²) in [5, 5.41) is 2.43. The molecule has 0 aliphatic carbocycles. The predicted molar refractivity (Wildman–Crippen MR) is 78.3 cm³/mol. The zero-order chi connectivity index (χ0) is 16.0. The van der Waals surface area contributed by atoms with E-state index in [2.05, 4.69) is 5.32 Å². The molecule has 5 nitrogen and oxygen atoms in total. The van der Waals surface area contributed by atoms with Crippen molar-refractivity contribution in [3.8, 4) is 0 Å². The first-order chi connectivity index (χ1) is 9.71. The highest BCUT2D eigenvalue weighted by atomic mass is 16.5. The minimum atomic E-state index is -1.26. The number of hydrogen-bond acceptors (Lipinski definition) is 4. The molecule has 1 atom stereocenters. The first kappa shape index (κ1) is 16.9. The molecule has 0 saturated heterocycles. The van der Waals surface area contributed by atoms with E-state index < -0.39 is 23.2 Å². The standard InChI is InChI=1S/C16H21NO4/c1-11(18)13(17-15(20)16(2,3)4)14(19)21-10-12-8-6-5-7-9-12/h5-9,13H,10H2,1-4H3,(H,17,20)/t13-/m0/s1. The third-order valence-corrected chi connectivity index (χ3v) is 2.82. The van der Waals surface area contributed by atoms with Crippen LogP contribution in [0.15, 0.2) is 30.3 Å². The lowest BCUT2D eigenvalue weighted by Crippen LogP contribution is -2.49. The molecule has 1 rings (SSSR count). The Labute approximate surface area is 124 Å². The number of hydrogen-bond donors (Lipinski definition) is 1. The quantitative estimate of drug-likeness (QED) is 0.664. The van der Waals surface area contributed by atoms with E-state index in [4.69, 9.17) is 4.74 Å². The second-order valence-electron chi connectivity index (χ2n) is 5.86. The Hall–Kier alpha value is -2.17. The molecule has 1 N–H and O–H groups in total. The van der Waals surface area contributed by atoms with Gasteiger partial charge in [-0.05, 0) is 12.5 Å². The average Bonchev–Trinajstić information content (AvgIpc) is 2.41. The van der Waals surface area contributed by atoms with Gasteiger partial charge in [0.05, 0.1) is 0 Å². The largest absolute Gasteiger partial charge is 0.459 e. The third kappa shape index (κ3) is 5.38. The highest BCUT2D eigenvalue weighted by Crippen LogP contribution is 2.13. The van der Waals surface area contributed by atoms with Crippen molar-refractivity contribution in [3.63, 3.8) is 0 Å². The first-order valence-corrected chi connectivity index (χ1v) is 6.74. The van der Waals surface area contributed by atoms with E-state index in [9.17, 15) is 14.4 Å². The molecule has 0 radical (unpaired) electrons. The third-order valence-electron chi connectivity index (χ3n) is 2.82. The van der Waals surface area contributed by atoms with Crippen molar-refractivity contribution in [1.29, 1.82) is 0 Å². The lowest BCUT2D eigenvalue weighted by atomic mass is 9.95. The summed E-state index contributed by atoms with van der Waals surface area (Å²) in [6, 6.07) is 7.86. The van der Waals surface area contributed by atoms with Crippen molar-refractivity contribution in [2.75, 3.05) is 0 Å². The zero-order valence-corrected chi connectivity index (χ0v) is 12.8. The van der Waals surface area contributed by atoms with Crippen molar-refractivity contribution >= 4 is 17.7 Å². The second kappa shape index (κ2) is 7.02. The van der Waals surface area contributed by atoms with Crippen LogP contribution >= 0.6 is 0 Å². The summed E-state index contributed by atoms with van der Waals surface area (Å²) in [6.45, 7) is 6.42. The highest BCUT2D eigenvalue weighted by Gasteiger charge is 2.31. The van der Waals surface area contributed by atoms with Gasteiger partial charge in [0, 0.05) is 5.41 Å². The normalized spacial score (nSPS) is 12.4. The van der Waals surface area contributed by atoms with E-state index in [-0.39, 0.29) is 12.5 Å². The molecule has 114 valence electrons. The fourth-order valence-electron chi connectivity index (χ4n) is 1.49. The predicted octanol–water partition coefficient (Wildman–Crippen LogP) is 1.85. The van der Waals surface area contributed by atoms with Gasteiger partial charge in [0.2, 0.25) is 5.91 Å². The number of carbonyl (C=O) groups excluding carboxylic acids is 3. The van der Waals surface area contributed by atoms with Crippen LogP contribution in [0.1, 0.15) is 33.3 Å². The fraction of sp³-hybridized carbons (Fsp3) is 0.438. The number of ketones is 1. The number of carbonyl (C=O) groups is 3. The van der Waals surface area contributed by atoms with E-state index in [0.717, 1.165) is 5.56 Å². The maximum Gasteiger partial charge on any atom is 0.336 e. The van der Waals surface area contributed by atoms with Gasteiger partial charge in [0.25, 0.3) is 0 Å². The maximum atomic E-state index is 12.0.